The second-order valence-corrected chi connectivity index (χ2v) is 2.44. The molecular formula is C9H10NO4. The molecule has 0 aliphatic heterocycles. The summed E-state index contributed by atoms with van der Waals surface area (Å²) in [5.74, 6) is 0.788. The third-order valence-corrected chi connectivity index (χ3v) is 1.62. The molecule has 5 nitrogen and oxygen atoms in total. The molecule has 0 aliphatic rings. The Balaban J connectivity index is 3.04. The van der Waals surface area contributed by atoms with Crippen molar-refractivity contribution in [2.45, 2.75) is 0 Å². The van der Waals surface area contributed by atoms with Gasteiger partial charge >= 0.3 is 0 Å². The van der Waals surface area contributed by atoms with Crippen LogP contribution in [0.25, 0.3) is 0 Å². The molecule has 0 amide bonds. The number of non-ortho nitro benzene ring substituents is 1. The van der Waals surface area contributed by atoms with E-state index in [-0.39, 0.29) is 12.3 Å². The lowest BCUT2D eigenvalue weighted by molar-refractivity contribution is -0.384. The average molecular weight is 196 g/mol. The topological polar surface area (TPSA) is 61.6 Å². The fourth-order valence-electron chi connectivity index (χ4n) is 0.999. The molecule has 14 heavy (non-hydrogen) atoms. The van der Waals surface area contributed by atoms with E-state index in [1.165, 1.54) is 25.3 Å². The molecule has 0 heterocycles. The summed E-state index contributed by atoms with van der Waals surface area (Å²) >= 11 is 0. The van der Waals surface area contributed by atoms with Crippen LogP contribution in [-0.4, -0.2) is 18.6 Å². The zero-order chi connectivity index (χ0) is 10.6. The Bertz CT molecular complexity index is 338. The van der Waals surface area contributed by atoms with Gasteiger partial charge in [-0.3, -0.25) is 10.1 Å². The molecule has 0 unspecified atom stereocenters. The summed E-state index contributed by atoms with van der Waals surface area (Å²) in [5, 5.41) is 10.4. The van der Waals surface area contributed by atoms with E-state index in [0.717, 1.165) is 0 Å². The molecule has 0 aliphatic carbocycles. The van der Waals surface area contributed by atoms with Crippen molar-refractivity contribution in [3.8, 4) is 11.5 Å². The van der Waals surface area contributed by atoms with E-state index in [0.29, 0.717) is 11.5 Å². The molecule has 1 aromatic carbocycles. The average Bonchev–Trinajstić information content (AvgIpc) is 2.18. The van der Waals surface area contributed by atoms with Crippen LogP contribution in [0.4, 0.5) is 5.69 Å². The van der Waals surface area contributed by atoms with Gasteiger partial charge in [-0.15, -0.1) is 0 Å². The minimum absolute atomic E-state index is 0.0294. The number of benzene rings is 1. The van der Waals surface area contributed by atoms with Gasteiger partial charge in [0.1, 0.15) is 0 Å². The van der Waals surface area contributed by atoms with Crippen LogP contribution in [0.2, 0.25) is 0 Å². The maximum absolute atomic E-state index is 10.4. The van der Waals surface area contributed by atoms with E-state index in [2.05, 4.69) is 6.92 Å². The highest BCUT2D eigenvalue weighted by molar-refractivity contribution is 5.48. The van der Waals surface area contributed by atoms with Crippen molar-refractivity contribution in [2.24, 2.45) is 0 Å². The highest BCUT2D eigenvalue weighted by atomic mass is 16.6. The van der Waals surface area contributed by atoms with E-state index in [1.807, 2.05) is 0 Å². The Morgan fingerprint density at radius 3 is 2.71 bits per heavy atom. The number of hydrogen-bond donors (Lipinski definition) is 0. The molecule has 1 aromatic rings. The number of nitrogens with zero attached hydrogens (tertiary/aromatic N) is 1. The summed E-state index contributed by atoms with van der Waals surface area (Å²) in [6.07, 6.45) is 0. The number of hydrogen-bond acceptors (Lipinski definition) is 4. The summed E-state index contributed by atoms with van der Waals surface area (Å²) < 4.78 is 10.0. The van der Waals surface area contributed by atoms with Gasteiger partial charge in [0.15, 0.2) is 11.5 Å². The quantitative estimate of drug-likeness (QED) is 0.544. The Morgan fingerprint density at radius 2 is 2.21 bits per heavy atom. The van der Waals surface area contributed by atoms with Gasteiger partial charge in [-0.25, -0.2) is 0 Å². The van der Waals surface area contributed by atoms with E-state index < -0.39 is 4.92 Å². The smallest absolute Gasteiger partial charge is 0.273 e. The third kappa shape index (κ3) is 2.12. The lowest BCUT2D eigenvalue weighted by atomic mass is 10.3. The highest BCUT2D eigenvalue weighted by Crippen LogP contribution is 2.30. The summed E-state index contributed by atoms with van der Waals surface area (Å²) in [7, 11) is 1.43. The normalized spacial score (nSPS) is 9.57. The SMILES string of the molecule is [CH2]COc1ccc([N+](=O)[O-])cc1OC. The van der Waals surface area contributed by atoms with Gasteiger partial charge in [-0.05, 0) is 13.0 Å². The van der Waals surface area contributed by atoms with Crippen LogP contribution in [0.15, 0.2) is 18.2 Å². The predicted molar refractivity (Wildman–Crippen MR) is 50.5 cm³/mol. The number of ether oxygens (including phenoxy) is 2. The van der Waals surface area contributed by atoms with Crippen LogP contribution in [0, 0.1) is 17.0 Å². The van der Waals surface area contributed by atoms with Crippen LogP contribution in [-0.2, 0) is 0 Å². The monoisotopic (exact) mass is 196 g/mol. The number of nitro groups is 1. The molecule has 0 N–H and O–H groups in total. The number of nitro benzene ring substituents is 1. The molecule has 0 saturated heterocycles. The number of methoxy groups -OCH3 is 1. The first kappa shape index (κ1) is 10.3. The van der Waals surface area contributed by atoms with E-state index in [9.17, 15) is 10.1 Å². The van der Waals surface area contributed by atoms with Crippen molar-refractivity contribution in [3.63, 3.8) is 0 Å². The lowest BCUT2D eigenvalue weighted by Crippen LogP contribution is -1.96. The second-order valence-electron chi connectivity index (χ2n) is 2.44. The fourth-order valence-corrected chi connectivity index (χ4v) is 0.999. The Kier molecular flexibility index (Phi) is 3.28. The van der Waals surface area contributed by atoms with Gasteiger partial charge in [0.2, 0.25) is 0 Å². The Labute approximate surface area is 81.4 Å². The van der Waals surface area contributed by atoms with Gasteiger partial charge in [0, 0.05) is 6.07 Å². The van der Waals surface area contributed by atoms with Crippen molar-refractivity contribution >= 4 is 5.69 Å². The molecular weight excluding hydrogens is 186 g/mol. The summed E-state index contributed by atoms with van der Waals surface area (Å²) in [6, 6.07) is 4.15. The molecule has 0 spiro atoms. The van der Waals surface area contributed by atoms with Crippen LogP contribution >= 0.6 is 0 Å². The fraction of sp³-hybridized carbons (Fsp3) is 0.222. The largest absolute Gasteiger partial charge is 0.493 e. The maximum Gasteiger partial charge on any atom is 0.273 e. The summed E-state index contributed by atoms with van der Waals surface area (Å²) in [6.45, 7) is 3.75. The minimum atomic E-state index is -0.490. The molecule has 1 radical (unpaired) electrons. The lowest BCUT2D eigenvalue weighted by Gasteiger charge is -2.07. The van der Waals surface area contributed by atoms with Crippen LogP contribution in [0.1, 0.15) is 0 Å². The van der Waals surface area contributed by atoms with Crippen molar-refractivity contribution in [1.82, 2.24) is 0 Å². The van der Waals surface area contributed by atoms with E-state index in [1.54, 1.807) is 0 Å². The van der Waals surface area contributed by atoms with Gasteiger partial charge in [0.05, 0.1) is 24.7 Å². The first-order valence-corrected chi connectivity index (χ1v) is 3.93. The van der Waals surface area contributed by atoms with Crippen LogP contribution < -0.4 is 9.47 Å². The molecule has 75 valence electrons. The minimum Gasteiger partial charge on any atom is -0.493 e. The zero-order valence-corrected chi connectivity index (χ0v) is 7.73. The third-order valence-electron chi connectivity index (χ3n) is 1.62. The van der Waals surface area contributed by atoms with Gasteiger partial charge in [0.25, 0.3) is 5.69 Å². The molecule has 0 bridgehead atoms. The maximum atomic E-state index is 10.4. The standard InChI is InChI=1S/C9H10NO4/c1-3-14-8-5-4-7(10(11)12)6-9(8)13-2/h4-6H,1,3H2,2H3. The van der Waals surface area contributed by atoms with Gasteiger partial charge in [-0.2, -0.15) is 0 Å². The highest BCUT2D eigenvalue weighted by Gasteiger charge is 2.11. The second kappa shape index (κ2) is 4.45. The molecule has 5 heteroatoms. The van der Waals surface area contributed by atoms with Crippen LogP contribution in [0.3, 0.4) is 0 Å². The first-order valence-electron chi connectivity index (χ1n) is 3.93. The zero-order valence-electron chi connectivity index (χ0n) is 7.73. The number of rotatable bonds is 4. The molecule has 0 saturated carbocycles. The summed E-state index contributed by atoms with van der Waals surface area (Å²) in [5.41, 5.74) is -0.0294. The summed E-state index contributed by atoms with van der Waals surface area (Å²) in [4.78, 5) is 9.95. The Morgan fingerprint density at radius 1 is 1.50 bits per heavy atom. The van der Waals surface area contributed by atoms with Crippen molar-refractivity contribution in [1.29, 1.82) is 0 Å². The van der Waals surface area contributed by atoms with Gasteiger partial charge in [-0.1, -0.05) is 0 Å². The molecule has 0 aromatic heterocycles. The van der Waals surface area contributed by atoms with Crippen molar-refractivity contribution in [2.75, 3.05) is 13.7 Å². The van der Waals surface area contributed by atoms with Crippen molar-refractivity contribution in [3.05, 3.63) is 35.2 Å². The van der Waals surface area contributed by atoms with E-state index in [4.69, 9.17) is 9.47 Å². The predicted octanol–water partition coefficient (Wildman–Crippen LogP) is 1.82. The molecule has 0 atom stereocenters. The van der Waals surface area contributed by atoms with Crippen molar-refractivity contribution < 1.29 is 14.4 Å². The molecule has 1 rings (SSSR count). The Hall–Kier alpha value is -1.78. The van der Waals surface area contributed by atoms with Crippen LogP contribution in [0.5, 0.6) is 11.5 Å². The first-order chi connectivity index (χ1) is 6.69. The molecule has 0 fully saturated rings. The van der Waals surface area contributed by atoms with Gasteiger partial charge < -0.3 is 9.47 Å². The van der Waals surface area contributed by atoms with E-state index >= 15 is 0 Å².